The first-order valence-electron chi connectivity index (χ1n) is 10.1. The van der Waals surface area contributed by atoms with Crippen molar-refractivity contribution in [3.05, 3.63) is 53.1 Å². The molecule has 1 aliphatic rings. The van der Waals surface area contributed by atoms with Crippen LogP contribution in [0, 0.1) is 12.7 Å². The number of pyridine rings is 1. The third kappa shape index (κ3) is 4.30. The van der Waals surface area contributed by atoms with Gasteiger partial charge in [-0.15, -0.1) is 5.10 Å². The summed E-state index contributed by atoms with van der Waals surface area (Å²) in [5.41, 5.74) is 5.00. The van der Waals surface area contributed by atoms with Gasteiger partial charge in [0, 0.05) is 48.7 Å². The van der Waals surface area contributed by atoms with E-state index in [1.54, 1.807) is 13.1 Å². The molecule has 3 aromatic rings. The number of rotatable bonds is 4. The number of hydrogen-bond donors (Lipinski definition) is 2. The molecule has 1 saturated heterocycles. The van der Waals surface area contributed by atoms with Gasteiger partial charge in [-0.3, -0.25) is 0 Å². The van der Waals surface area contributed by atoms with Crippen molar-refractivity contribution in [1.29, 1.82) is 0 Å². The number of piperazine rings is 1. The van der Waals surface area contributed by atoms with E-state index in [1.807, 2.05) is 6.07 Å². The molecule has 1 atom stereocenters. The molecule has 32 heavy (non-hydrogen) atoms. The minimum absolute atomic E-state index is 0.243. The number of aromatic nitrogens is 3. The Balaban J connectivity index is 1.69. The maximum atomic E-state index is 14.5. The van der Waals surface area contributed by atoms with Gasteiger partial charge in [-0.05, 0) is 26.1 Å². The van der Waals surface area contributed by atoms with Crippen molar-refractivity contribution in [1.82, 2.24) is 20.1 Å². The van der Waals surface area contributed by atoms with Gasteiger partial charge in [-0.25, -0.2) is 9.37 Å². The lowest BCUT2D eigenvalue weighted by molar-refractivity contribution is -0.140. The van der Waals surface area contributed by atoms with Crippen LogP contribution in [0.4, 0.5) is 29.2 Å². The fourth-order valence-corrected chi connectivity index (χ4v) is 3.71. The lowest BCUT2D eigenvalue weighted by Crippen LogP contribution is -2.44. The fourth-order valence-electron chi connectivity index (χ4n) is 3.71. The van der Waals surface area contributed by atoms with Crippen LogP contribution in [0.15, 0.2) is 30.5 Å². The number of anilines is 2. The molecule has 0 spiro atoms. The molecule has 3 heterocycles. The molecule has 0 amide bonds. The van der Waals surface area contributed by atoms with Crippen LogP contribution in [-0.2, 0) is 6.18 Å². The summed E-state index contributed by atoms with van der Waals surface area (Å²) in [5, 5.41) is 12.4. The van der Waals surface area contributed by atoms with Crippen molar-refractivity contribution in [2.24, 2.45) is 5.73 Å². The molecular weight excluding hydrogens is 426 g/mol. The van der Waals surface area contributed by atoms with E-state index < -0.39 is 23.7 Å². The summed E-state index contributed by atoms with van der Waals surface area (Å²) >= 11 is 0. The highest BCUT2D eigenvalue weighted by Gasteiger charge is 2.35. The molecule has 4 rings (SSSR count). The number of nitrogens with two attached hydrogens (primary N) is 1. The third-order valence-corrected chi connectivity index (χ3v) is 5.62. The number of fused-ring (bicyclic) bond motifs is 1. The Labute approximate surface area is 182 Å². The smallest absolute Gasteiger partial charge is 0.354 e. The molecule has 1 aromatic carbocycles. The van der Waals surface area contributed by atoms with E-state index in [2.05, 4.69) is 37.3 Å². The molecule has 0 aliphatic carbocycles. The minimum atomic E-state index is -4.82. The number of aryl methyl sites for hydroxylation is 1. The molecule has 170 valence electrons. The SMILES string of the molecule is Cc1nnc(N[C@H](N)c2cccc(C(F)(F)F)c2F)c2cc(N3CCN(C)CC3)ncc12. The van der Waals surface area contributed by atoms with Gasteiger partial charge in [-0.1, -0.05) is 12.1 Å². The molecule has 1 aliphatic heterocycles. The van der Waals surface area contributed by atoms with E-state index >= 15 is 0 Å². The Morgan fingerprint density at radius 3 is 2.50 bits per heavy atom. The summed E-state index contributed by atoms with van der Waals surface area (Å²) in [6.45, 7) is 5.20. The van der Waals surface area contributed by atoms with Crippen LogP contribution in [0.5, 0.6) is 0 Å². The Bertz CT molecular complexity index is 1130. The van der Waals surface area contributed by atoms with Crippen LogP contribution in [0.1, 0.15) is 23.0 Å². The third-order valence-electron chi connectivity index (χ3n) is 5.62. The molecule has 0 bridgehead atoms. The Morgan fingerprint density at radius 1 is 1.09 bits per heavy atom. The highest BCUT2D eigenvalue weighted by molar-refractivity contribution is 5.94. The lowest BCUT2D eigenvalue weighted by Gasteiger charge is -2.33. The molecule has 2 aromatic heterocycles. The summed E-state index contributed by atoms with van der Waals surface area (Å²) in [5.74, 6) is -0.420. The van der Waals surface area contributed by atoms with Gasteiger partial charge in [0.2, 0.25) is 0 Å². The van der Waals surface area contributed by atoms with Crippen LogP contribution in [0.25, 0.3) is 10.8 Å². The summed E-state index contributed by atoms with van der Waals surface area (Å²) < 4.78 is 53.8. The molecule has 1 fully saturated rings. The molecule has 0 radical (unpaired) electrons. The normalized spacial score (nSPS) is 16.4. The average molecular weight is 449 g/mol. The van der Waals surface area contributed by atoms with E-state index in [9.17, 15) is 17.6 Å². The fraction of sp³-hybridized carbons (Fsp3) is 0.381. The number of halogens is 4. The number of nitrogens with one attached hydrogen (secondary N) is 1. The van der Waals surface area contributed by atoms with E-state index in [-0.39, 0.29) is 11.4 Å². The van der Waals surface area contributed by atoms with Crippen molar-refractivity contribution in [3.63, 3.8) is 0 Å². The maximum Gasteiger partial charge on any atom is 0.419 e. The second kappa shape index (κ2) is 8.47. The summed E-state index contributed by atoms with van der Waals surface area (Å²) in [4.78, 5) is 8.91. The van der Waals surface area contributed by atoms with Gasteiger partial charge in [0.1, 0.15) is 17.8 Å². The summed E-state index contributed by atoms with van der Waals surface area (Å²) in [7, 11) is 2.06. The monoisotopic (exact) mass is 449 g/mol. The van der Waals surface area contributed by atoms with E-state index in [1.165, 1.54) is 6.07 Å². The van der Waals surface area contributed by atoms with Crippen molar-refractivity contribution < 1.29 is 17.6 Å². The van der Waals surface area contributed by atoms with Crippen LogP contribution in [0.2, 0.25) is 0 Å². The molecule has 0 saturated carbocycles. The van der Waals surface area contributed by atoms with Gasteiger partial charge in [0.05, 0.1) is 11.3 Å². The zero-order valence-corrected chi connectivity index (χ0v) is 17.6. The molecular formula is C21H23F4N7. The number of benzene rings is 1. The van der Waals surface area contributed by atoms with Crippen molar-refractivity contribution in [2.75, 3.05) is 43.4 Å². The number of hydrogen-bond acceptors (Lipinski definition) is 7. The quantitative estimate of drug-likeness (QED) is 0.467. The molecule has 11 heteroatoms. The predicted octanol–water partition coefficient (Wildman–Crippen LogP) is 3.31. The first-order chi connectivity index (χ1) is 15.1. The highest BCUT2D eigenvalue weighted by atomic mass is 19.4. The Morgan fingerprint density at radius 2 is 1.81 bits per heavy atom. The zero-order chi connectivity index (χ0) is 23.0. The van der Waals surface area contributed by atoms with Gasteiger partial charge < -0.3 is 20.9 Å². The summed E-state index contributed by atoms with van der Waals surface area (Å²) in [6.07, 6.45) is -4.40. The van der Waals surface area contributed by atoms with Gasteiger partial charge in [0.15, 0.2) is 5.82 Å². The number of alkyl halides is 3. The minimum Gasteiger partial charge on any atom is -0.354 e. The maximum absolute atomic E-state index is 14.5. The molecule has 0 unspecified atom stereocenters. The standard InChI is InChI=1S/C21H23F4N7/c1-12-15-11-27-17(32-8-6-31(2)7-9-32)10-14(15)20(30-29-12)28-19(26)13-4-3-5-16(18(13)22)21(23,24)25/h3-5,10-11,19H,6-9,26H2,1-2H3,(H,28,30)/t19-/m0/s1. The first-order valence-corrected chi connectivity index (χ1v) is 10.1. The lowest BCUT2D eigenvalue weighted by atomic mass is 10.1. The van der Waals surface area contributed by atoms with Crippen LogP contribution in [0.3, 0.4) is 0 Å². The van der Waals surface area contributed by atoms with Crippen molar-refractivity contribution in [2.45, 2.75) is 19.3 Å². The van der Waals surface area contributed by atoms with Crippen molar-refractivity contribution >= 4 is 22.4 Å². The predicted molar refractivity (Wildman–Crippen MR) is 114 cm³/mol. The van der Waals surface area contributed by atoms with E-state index in [0.717, 1.165) is 43.4 Å². The first kappa shape index (κ1) is 22.2. The zero-order valence-electron chi connectivity index (χ0n) is 17.6. The topological polar surface area (TPSA) is 83.2 Å². The van der Waals surface area contributed by atoms with Gasteiger partial charge in [0.25, 0.3) is 0 Å². The number of nitrogens with zero attached hydrogens (tertiary/aromatic N) is 5. The van der Waals surface area contributed by atoms with Crippen LogP contribution < -0.4 is 16.0 Å². The van der Waals surface area contributed by atoms with E-state index in [0.29, 0.717) is 17.1 Å². The average Bonchev–Trinajstić information content (AvgIpc) is 2.75. The van der Waals surface area contributed by atoms with E-state index in [4.69, 9.17) is 5.73 Å². The Kier molecular flexibility index (Phi) is 5.87. The van der Waals surface area contributed by atoms with Gasteiger partial charge in [-0.2, -0.15) is 18.3 Å². The molecule has 7 nitrogen and oxygen atoms in total. The second-order valence-corrected chi connectivity index (χ2v) is 7.84. The Hall–Kier alpha value is -3.05. The summed E-state index contributed by atoms with van der Waals surface area (Å²) in [6, 6.07) is 4.86. The van der Waals surface area contributed by atoms with Crippen LogP contribution in [-0.4, -0.2) is 53.3 Å². The largest absolute Gasteiger partial charge is 0.419 e. The second-order valence-electron chi connectivity index (χ2n) is 7.84. The van der Waals surface area contributed by atoms with Gasteiger partial charge >= 0.3 is 6.18 Å². The molecule has 3 N–H and O–H groups in total. The highest BCUT2D eigenvalue weighted by Crippen LogP contribution is 2.34. The number of likely N-dealkylation sites (N-methyl/N-ethyl adjacent to an activating group) is 1. The van der Waals surface area contributed by atoms with Crippen LogP contribution >= 0.6 is 0 Å². The van der Waals surface area contributed by atoms with Crippen molar-refractivity contribution in [3.8, 4) is 0 Å².